The van der Waals surface area contributed by atoms with Gasteiger partial charge in [0.1, 0.15) is 0 Å². The lowest BCUT2D eigenvalue weighted by atomic mass is 9.94. The molecule has 1 aromatic rings. The van der Waals surface area contributed by atoms with Crippen LogP contribution < -0.4 is 0 Å². The van der Waals surface area contributed by atoms with Crippen LogP contribution in [0.15, 0.2) is 18.2 Å². The quantitative estimate of drug-likeness (QED) is 0.635. The fourth-order valence-corrected chi connectivity index (χ4v) is 2.62. The average Bonchev–Trinajstić information content (AvgIpc) is 2.33. The van der Waals surface area contributed by atoms with Crippen LogP contribution in [0.5, 0.6) is 0 Å². The van der Waals surface area contributed by atoms with Crippen LogP contribution in [0.3, 0.4) is 0 Å². The zero-order chi connectivity index (χ0) is 13.4. The first-order chi connectivity index (χ1) is 8.66. The second-order valence-corrected chi connectivity index (χ2v) is 5.38. The van der Waals surface area contributed by atoms with Gasteiger partial charge in [-0.15, -0.1) is 0 Å². The minimum Gasteiger partial charge on any atom is -0.388 e. The van der Waals surface area contributed by atoms with Crippen LogP contribution in [-0.4, -0.2) is 5.11 Å². The van der Waals surface area contributed by atoms with E-state index in [1.165, 1.54) is 43.2 Å². The van der Waals surface area contributed by atoms with E-state index in [0.29, 0.717) is 0 Å². The zero-order valence-electron chi connectivity index (χ0n) is 12.2. The van der Waals surface area contributed by atoms with E-state index in [9.17, 15) is 5.11 Å². The molecule has 102 valence electrons. The van der Waals surface area contributed by atoms with E-state index >= 15 is 0 Å². The molecule has 1 aromatic carbocycles. The monoisotopic (exact) mass is 248 g/mol. The lowest BCUT2D eigenvalue weighted by Gasteiger charge is -2.16. The van der Waals surface area contributed by atoms with E-state index in [1.807, 2.05) is 0 Å². The van der Waals surface area contributed by atoms with Crippen LogP contribution in [0.25, 0.3) is 0 Å². The number of unbranched alkanes of at least 4 members (excludes halogenated alkanes) is 5. The smallest absolute Gasteiger partial charge is 0.0795 e. The molecule has 0 aliphatic heterocycles. The van der Waals surface area contributed by atoms with Crippen LogP contribution in [0.1, 0.15) is 74.7 Å². The minimum absolute atomic E-state index is 0.280. The maximum Gasteiger partial charge on any atom is 0.0795 e. The highest BCUT2D eigenvalue weighted by Crippen LogP contribution is 2.26. The van der Waals surface area contributed by atoms with Crippen molar-refractivity contribution in [2.45, 2.75) is 71.8 Å². The van der Waals surface area contributed by atoms with Gasteiger partial charge in [-0.05, 0) is 37.0 Å². The Kier molecular flexibility index (Phi) is 7.04. The summed E-state index contributed by atoms with van der Waals surface area (Å²) in [6.07, 6.45) is 8.31. The van der Waals surface area contributed by atoms with E-state index in [2.05, 4.69) is 39.0 Å². The van der Waals surface area contributed by atoms with Crippen molar-refractivity contribution >= 4 is 0 Å². The van der Waals surface area contributed by atoms with Gasteiger partial charge in [0.25, 0.3) is 0 Å². The summed E-state index contributed by atoms with van der Waals surface area (Å²) >= 11 is 0. The van der Waals surface area contributed by atoms with Crippen molar-refractivity contribution in [1.29, 1.82) is 0 Å². The van der Waals surface area contributed by atoms with Crippen LogP contribution in [-0.2, 0) is 0 Å². The van der Waals surface area contributed by atoms with Crippen LogP contribution in [0, 0.1) is 13.8 Å². The summed E-state index contributed by atoms with van der Waals surface area (Å²) in [6.45, 7) is 6.42. The highest BCUT2D eigenvalue weighted by molar-refractivity contribution is 5.35. The second-order valence-electron chi connectivity index (χ2n) is 5.38. The molecule has 1 heteroatoms. The molecule has 0 aliphatic rings. The van der Waals surface area contributed by atoms with Crippen LogP contribution >= 0.6 is 0 Å². The van der Waals surface area contributed by atoms with Crippen molar-refractivity contribution in [3.8, 4) is 0 Å². The maximum absolute atomic E-state index is 10.3. The van der Waals surface area contributed by atoms with Crippen molar-refractivity contribution in [2.75, 3.05) is 0 Å². The molecule has 0 aromatic heterocycles. The van der Waals surface area contributed by atoms with Gasteiger partial charge in [-0.25, -0.2) is 0 Å². The van der Waals surface area contributed by atoms with E-state index in [4.69, 9.17) is 0 Å². The summed E-state index contributed by atoms with van der Waals surface area (Å²) in [7, 11) is 0. The molecule has 0 saturated carbocycles. The summed E-state index contributed by atoms with van der Waals surface area (Å²) in [5.74, 6) is 0. The van der Waals surface area contributed by atoms with Crippen molar-refractivity contribution in [3.05, 3.63) is 34.9 Å². The Bertz CT molecular complexity index is 323. The third kappa shape index (κ3) is 4.81. The Morgan fingerprint density at radius 3 is 2.11 bits per heavy atom. The Hall–Kier alpha value is -0.820. The molecule has 0 heterocycles. The van der Waals surface area contributed by atoms with Gasteiger partial charge in [-0.1, -0.05) is 63.6 Å². The van der Waals surface area contributed by atoms with Crippen molar-refractivity contribution in [3.63, 3.8) is 0 Å². The van der Waals surface area contributed by atoms with Gasteiger partial charge in [0.05, 0.1) is 6.10 Å². The molecule has 1 N–H and O–H groups in total. The Morgan fingerprint density at radius 2 is 1.50 bits per heavy atom. The minimum atomic E-state index is -0.280. The van der Waals surface area contributed by atoms with Crippen molar-refractivity contribution in [1.82, 2.24) is 0 Å². The number of aryl methyl sites for hydroxylation is 2. The summed E-state index contributed by atoms with van der Waals surface area (Å²) in [5.41, 5.74) is 3.58. The van der Waals surface area contributed by atoms with Gasteiger partial charge >= 0.3 is 0 Å². The Balaban J connectivity index is 2.34. The topological polar surface area (TPSA) is 20.2 Å². The molecule has 0 amide bonds. The summed E-state index contributed by atoms with van der Waals surface area (Å²) in [4.78, 5) is 0. The highest BCUT2D eigenvalue weighted by Gasteiger charge is 2.12. The molecule has 0 bridgehead atoms. The van der Waals surface area contributed by atoms with Gasteiger partial charge in [0.15, 0.2) is 0 Å². The van der Waals surface area contributed by atoms with Crippen LogP contribution in [0.4, 0.5) is 0 Å². The molecule has 0 spiro atoms. The molecular formula is C17H28O. The van der Waals surface area contributed by atoms with Gasteiger partial charge < -0.3 is 5.11 Å². The molecule has 1 rings (SSSR count). The van der Waals surface area contributed by atoms with Crippen molar-refractivity contribution in [2.24, 2.45) is 0 Å². The standard InChI is InChI=1S/C17H28O/c1-4-5-6-7-8-9-13-16(18)17-14(2)11-10-12-15(17)3/h10-12,16,18H,4-9,13H2,1-3H3. The number of hydrogen-bond donors (Lipinski definition) is 1. The molecule has 0 aliphatic carbocycles. The maximum atomic E-state index is 10.3. The van der Waals surface area contributed by atoms with Gasteiger partial charge in [0, 0.05) is 0 Å². The average molecular weight is 248 g/mol. The van der Waals surface area contributed by atoms with Crippen molar-refractivity contribution < 1.29 is 5.11 Å². The number of rotatable bonds is 8. The first-order valence-corrected chi connectivity index (χ1v) is 7.41. The summed E-state index contributed by atoms with van der Waals surface area (Å²) in [5, 5.41) is 10.3. The Labute approximate surface area is 112 Å². The van der Waals surface area contributed by atoms with E-state index in [-0.39, 0.29) is 6.10 Å². The Morgan fingerprint density at radius 1 is 0.944 bits per heavy atom. The molecule has 0 saturated heterocycles. The number of hydrogen-bond acceptors (Lipinski definition) is 1. The first kappa shape index (κ1) is 15.2. The molecular weight excluding hydrogens is 220 g/mol. The normalized spacial score (nSPS) is 12.7. The SMILES string of the molecule is CCCCCCCCC(O)c1c(C)cccc1C. The van der Waals surface area contributed by atoms with Gasteiger partial charge in [0.2, 0.25) is 0 Å². The van der Waals surface area contributed by atoms with Gasteiger partial charge in [-0.3, -0.25) is 0 Å². The molecule has 0 fully saturated rings. The first-order valence-electron chi connectivity index (χ1n) is 7.41. The molecule has 1 nitrogen and oxygen atoms in total. The van der Waals surface area contributed by atoms with Gasteiger partial charge in [-0.2, -0.15) is 0 Å². The zero-order valence-corrected chi connectivity index (χ0v) is 12.2. The highest BCUT2D eigenvalue weighted by atomic mass is 16.3. The lowest BCUT2D eigenvalue weighted by molar-refractivity contribution is 0.162. The summed E-state index contributed by atoms with van der Waals surface area (Å²) < 4.78 is 0. The summed E-state index contributed by atoms with van der Waals surface area (Å²) in [6, 6.07) is 6.24. The lowest BCUT2D eigenvalue weighted by Crippen LogP contribution is -2.02. The van der Waals surface area contributed by atoms with Crippen LogP contribution in [0.2, 0.25) is 0 Å². The number of aliphatic hydroxyl groups excluding tert-OH is 1. The fourth-order valence-electron chi connectivity index (χ4n) is 2.62. The second kappa shape index (κ2) is 8.31. The number of benzene rings is 1. The molecule has 18 heavy (non-hydrogen) atoms. The third-order valence-electron chi connectivity index (χ3n) is 3.71. The largest absolute Gasteiger partial charge is 0.388 e. The van der Waals surface area contributed by atoms with E-state index < -0.39 is 0 Å². The molecule has 1 unspecified atom stereocenters. The molecule has 0 radical (unpaired) electrons. The molecule has 1 atom stereocenters. The predicted molar refractivity (Wildman–Crippen MR) is 78.9 cm³/mol. The van der Waals surface area contributed by atoms with E-state index in [0.717, 1.165) is 18.4 Å². The van der Waals surface area contributed by atoms with E-state index in [1.54, 1.807) is 0 Å². The third-order valence-corrected chi connectivity index (χ3v) is 3.71. The predicted octanol–water partition coefficient (Wildman–Crippen LogP) is 5.09. The number of aliphatic hydroxyl groups is 1. The fraction of sp³-hybridized carbons (Fsp3) is 0.647.